The van der Waals surface area contributed by atoms with E-state index in [2.05, 4.69) is 10.6 Å². The van der Waals surface area contributed by atoms with Crippen molar-refractivity contribution in [2.45, 2.75) is 27.2 Å². The molecule has 0 spiro atoms. The lowest BCUT2D eigenvalue weighted by Crippen LogP contribution is -2.30. The number of benzene rings is 2. The summed E-state index contributed by atoms with van der Waals surface area (Å²) in [6, 6.07) is 8.08. The van der Waals surface area contributed by atoms with Crippen LogP contribution in [0.3, 0.4) is 0 Å². The van der Waals surface area contributed by atoms with E-state index < -0.39 is 29.3 Å². The third-order valence-corrected chi connectivity index (χ3v) is 4.35. The summed E-state index contributed by atoms with van der Waals surface area (Å²) in [5.74, 6) is -2.02. The Hall–Kier alpha value is -3.75. The van der Waals surface area contributed by atoms with Gasteiger partial charge >= 0.3 is 5.97 Å². The highest BCUT2D eigenvalue weighted by Gasteiger charge is 2.23. The van der Waals surface area contributed by atoms with Gasteiger partial charge in [0.15, 0.2) is 0 Å². The highest BCUT2D eigenvalue weighted by atomic mass is 16.6. The summed E-state index contributed by atoms with van der Waals surface area (Å²) >= 11 is 0. The van der Waals surface area contributed by atoms with E-state index >= 15 is 0 Å². The van der Waals surface area contributed by atoms with Crippen LogP contribution in [0.5, 0.6) is 0 Å². The van der Waals surface area contributed by atoms with Crippen molar-refractivity contribution >= 4 is 29.2 Å². The fraction of sp³-hybridized carbons (Fsp3) is 0.250. The Kier molecular flexibility index (Phi) is 6.66. The number of carboxylic acid groups (broad SMARTS) is 1. The Morgan fingerprint density at radius 1 is 1.07 bits per heavy atom. The minimum atomic E-state index is -1.13. The first kappa shape index (κ1) is 21.5. The molecule has 2 aromatic rings. The predicted molar refractivity (Wildman–Crippen MR) is 106 cm³/mol. The van der Waals surface area contributed by atoms with Crippen LogP contribution in [0.2, 0.25) is 0 Å². The van der Waals surface area contributed by atoms with E-state index in [1.165, 1.54) is 0 Å². The molecule has 2 aromatic carbocycles. The number of carbonyl (C=O) groups is 3. The van der Waals surface area contributed by atoms with Gasteiger partial charge in [0.2, 0.25) is 5.91 Å². The first-order valence-electron chi connectivity index (χ1n) is 8.74. The molecule has 29 heavy (non-hydrogen) atoms. The van der Waals surface area contributed by atoms with Gasteiger partial charge < -0.3 is 15.7 Å². The molecule has 0 aromatic heterocycles. The number of carboxylic acids is 1. The van der Waals surface area contributed by atoms with Crippen LogP contribution >= 0.6 is 0 Å². The molecule has 0 heterocycles. The molecule has 0 radical (unpaired) electrons. The summed E-state index contributed by atoms with van der Waals surface area (Å²) in [6.45, 7) is 4.45. The number of nitro groups is 1. The second-order valence-electron chi connectivity index (χ2n) is 6.61. The monoisotopic (exact) mass is 399 g/mol. The van der Waals surface area contributed by atoms with Gasteiger partial charge in [-0.05, 0) is 50.1 Å². The molecule has 3 N–H and O–H groups in total. The van der Waals surface area contributed by atoms with E-state index in [0.717, 1.165) is 0 Å². The number of nitrogens with one attached hydrogen (secondary N) is 2. The van der Waals surface area contributed by atoms with E-state index in [1.807, 2.05) is 0 Å². The number of hydrogen-bond donors (Lipinski definition) is 3. The van der Waals surface area contributed by atoms with Gasteiger partial charge in [0.1, 0.15) is 6.54 Å². The highest BCUT2D eigenvalue weighted by Crippen LogP contribution is 2.29. The van der Waals surface area contributed by atoms with Crippen LogP contribution in [0, 0.1) is 30.9 Å². The molecular weight excluding hydrogens is 378 g/mol. The average Bonchev–Trinajstić information content (AvgIpc) is 2.60. The SMILES string of the molecule is Cc1cc(C)c([N+](=O)[O-])c(C)c1C(=O)Nc1ccc(CC(=O)NCC(=O)O)cc1. The Morgan fingerprint density at radius 2 is 1.69 bits per heavy atom. The van der Waals surface area contributed by atoms with E-state index in [1.54, 1.807) is 51.1 Å². The zero-order chi connectivity index (χ0) is 21.7. The van der Waals surface area contributed by atoms with Crippen molar-refractivity contribution in [1.29, 1.82) is 0 Å². The van der Waals surface area contributed by atoms with Gasteiger partial charge in [-0.25, -0.2) is 0 Å². The minimum absolute atomic E-state index is 0.00385. The third-order valence-electron chi connectivity index (χ3n) is 4.35. The number of rotatable bonds is 7. The number of anilines is 1. The average molecular weight is 399 g/mol. The number of nitro benzene ring substituents is 1. The first-order valence-corrected chi connectivity index (χ1v) is 8.74. The molecule has 0 saturated heterocycles. The predicted octanol–water partition coefficient (Wildman–Crippen LogP) is 2.52. The summed E-state index contributed by atoms with van der Waals surface area (Å²) < 4.78 is 0. The number of aliphatic carboxylic acids is 1. The summed E-state index contributed by atoms with van der Waals surface area (Å²) in [7, 11) is 0. The van der Waals surface area contributed by atoms with Gasteiger partial charge in [-0.15, -0.1) is 0 Å². The quantitative estimate of drug-likeness (QED) is 0.483. The van der Waals surface area contributed by atoms with Crippen molar-refractivity contribution in [3.63, 3.8) is 0 Å². The first-order chi connectivity index (χ1) is 13.6. The Morgan fingerprint density at radius 3 is 2.24 bits per heavy atom. The number of aryl methyl sites for hydroxylation is 2. The smallest absolute Gasteiger partial charge is 0.322 e. The molecule has 9 heteroatoms. The zero-order valence-electron chi connectivity index (χ0n) is 16.2. The second-order valence-corrected chi connectivity index (χ2v) is 6.61. The Balaban J connectivity index is 2.14. The maximum atomic E-state index is 12.7. The second kappa shape index (κ2) is 8.96. The van der Waals surface area contributed by atoms with Crippen LogP contribution in [0.15, 0.2) is 30.3 Å². The van der Waals surface area contributed by atoms with Crippen LogP contribution in [0.1, 0.15) is 32.6 Å². The Labute approximate surface area is 166 Å². The number of nitrogens with zero attached hydrogens (tertiary/aromatic N) is 1. The lowest BCUT2D eigenvalue weighted by atomic mass is 9.96. The van der Waals surface area contributed by atoms with Crippen LogP contribution in [-0.4, -0.2) is 34.4 Å². The molecule has 0 saturated carbocycles. The van der Waals surface area contributed by atoms with Gasteiger partial charge in [0, 0.05) is 16.8 Å². The molecule has 0 unspecified atom stereocenters. The number of carbonyl (C=O) groups excluding carboxylic acids is 2. The van der Waals surface area contributed by atoms with Crippen molar-refractivity contribution in [2.75, 3.05) is 11.9 Å². The van der Waals surface area contributed by atoms with Gasteiger partial charge in [0.25, 0.3) is 11.6 Å². The van der Waals surface area contributed by atoms with Crippen molar-refractivity contribution in [3.8, 4) is 0 Å². The summed E-state index contributed by atoms with van der Waals surface area (Å²) in [5.41, 5.74) is 2.71. The van der Waals surface area contributed by atoms with Crippen molar-refractivity contribution in [2.24, 2.45) is 0 Å². The minimum Gasteiger partial charge on any atom is -0.480 e. The standard InChI is InChI=1S/C20H21N3O6/c1-11-8-12(2)19(23(28)29)13(3)18(11)20(27)22-15-6-4-14(5-7-15)9-16(24)21-10-17(25)26/h4-8H,9-10H2,1-3H3,(H,21,24)(H,22,27)(H,25,26). The number of hydrogen-bond acceptors (Lipinski definition) is 5. The lowest BCUT2D eigenvalue weighted by molar-refractivity contribution is -0.386. The highest BCUT2D eigenvalue weighted by molar-refractivity contribution is 6.07. The van der Waals surface area contributed by atoms with Crippen molar-refractivity contribution in [3.05, 3.63) is 68.3 Å². The molecular formula is C20H21N3O6. The van der Waals surface area contributed by atoms with E-state index in [0.29, 0.717) is 27.9 Å². The molecule has 0 aliphatic rings. The molecule has 0 aliphatic heterocycles. The molecule has 0 atom stereocenters. The summed E-state index contributed by atoms with van der Waals surface area (Å²) in [5, 5.41) is 24.8. The Bertz CT molecular complexity index is 983. The molecule has 152 valence electrons. The molecule has 0 aliphatic carbocycles. The normalized spacial score (nSPS) is 10.3. The third kappa shape index (κ3) is 5.38. The van der Waals surface area contributed by atoms with E-state index in [4.69, 9.17) is 5.11 Å². The van der Waals surface area contributed by atoms with Crippen LogP contribution < -0.4 is 10.6 Å². The van der Waals surface area contributed by atoms with Gasteiger partial charge in [-0.1, -0.05) is 12.1 Å². The van der Waals surface area contributed by atoms with Crippen molar-refractivity contribution < 1.29 is 24.4 Å². The van der Waals surface area contributed by atoms with E-state index in [-0.39, 0.29) is 17.7 Å². The number of amides is 2. The molecule has 2 rings (SSSR count). The van der Waals surface area contributed by atoms with Crippen LogP contribution in [0.4, 0.5) is 11.4 Å². The fourth-order valence-corrected chi connectivity index (χ4v) is 3.13. The van der Waals surface area contributed by atoms with Crippen LogP contribution in [-0.2, 0) is 16.0 Å². The van der Waals surface area contributed by atoms with Gasteiger partial charge in [0.05, 0.1) is 16.9 Å². The van der Waals surface area contributed by atoms with Crippen LogP contribution in [0.25, 0.3) is 0 Å². The topological polar surface area (TPSA) is 139 Å². The largest absolute Gasteiger partial charge is 0.480 e. The molecule has 0 fully saturated rings. The molecule has 0 bridgehead atoms. The van der Waals surface area contributed by atoms with Crippen molar-refractivity contribution in [1.82, 2.24) is 5.32 Å². The van der Waals surface area contributed by atoms with Gasteiger partial charge in [-0.3, -0.25) is 24.5 Å². The zero-order valence-corrected chi connectivity index (χ0v) is 16.2. The molecule has 9 nitrogen and oxygen atoms in total. The summed E-state index contributed by atoms with van der Waals surface area (Å²) in [6.07, 6.45) is 0.00385. The lowest BCUT2D eigenvalue weighted by Gasteiger charge is -2.13. The maximum absolute atomic E-state index is 12.7. The molecule has 2 amide bonds. The fourth-order valence-electron chi connectivity index (χ4n) is 3.13. The summed E-state index contributed by atoms with van der Waals surface area (Å²) in [4.78, 5) is 45.6. The maximum Gasteiger partial charge on any atom is 0.322 e. The van der Waals surface area contributed by atoms with Gasteiger partial charge in [-0.2, -0.15) is 0 Å². The van der Waals surface area contributed by atoms with E-state index in [9.17, 15) is 24.5 Å².